The molecule has 1 N–H and O–H groups in total. The molecule has 2 nitrogen and oxygen atoms in total. The van der Waals surface area contributed by atoms with E-state index in [0.717, 1.165) is 17.1 Å². The van der Waals surface area contributed by atoms with E-state index in [4.69, 9.17) is 16.0 Å². The van der Waals surface area contributed by atoms with Crippen molar-refractivity contribution in [2.45, 2.75) is 26.4 Å². The van der Waals surface area contributed by atoms with Gasteiger partial charge in [0.25, 0.3) is 0 Å². The van der Waals surface area contributed by atoms with Crippen LogP contribution in [-0.2, 0) is 6.54 Å². The Kier molecular flexibility index (Phi) is 4.04. The Balaban J connectivity index is 1.99. The Morgan fingerprint density at radius 1 is 1.33 bits per heavy atom. The fourth-order valence-corrected chi connectivity index (χ4v) is 1.92. The lowest BCUT2D eigenvalue weighted by molar-refractivity contribution is 0.444. The fourth-order valence-electron chi connectivity index (χ4n) is 1.73. The van der Waals surface area contributed by atoms with Crippen LogP contribution in [0.25, 0.3) is 0 Å². The van der Waals surface area contributed by atoms with E-state index in [1.54, 1.807) is 12.1 Å². The highest BCUT2D eigenvalue weighted by Crippen LogP contribution is 2.21. The molecule has 0 aliphatic heterocycles. The molecule has 96 valence electrons. The zero-order chi connectivity index (χ0) is 13.1. The molecule has 0 spiro atoms. The van der Waals surface area contributed by atoms with Crippen LogP contribution in [0.15, 0.2) is 34.7 Å². The summed E-state index contributed by atoms with van der Waals surface area (Å²) in [6, 6.07) is 8.69. The standard InChI is InChI=1S/C14H15ClFNO/c1-9-3-5-12(18-9)8-17-10(2)11-4-6-14(16)13(15)7-11/h3-7,10,17H,8H2,1-2H3. The second kappa shape index (κ2) is 5.55. The van der Waals surface area contributed by atoms with Crippen molar-refractivity contribution in [1.29, 1.82) is 0 Å². The van der Waals surface area contributed by atoms with Crippen LogP contribution in [-0.4, -0.2) is 0 Å². The summed E-state index contributed by atoms with van der Waals surface area (Å²) in [5, 5.41) is 3.45. The molecule has 4 heteroatoms. The Morgan fingerprint density at radius 2 is 2.11 bits per heavy atom. The van der Waals surface area contributed by atoms with Crippen molar-refractivity contribution in [2.75, 3.05) is 0 Å². The smallest absolute Gasteiger partial charge is 0.141 e. The van der Waals surface area contributed by atoms with Crippen molar-refractivity contribution >= 4 is 11.6 Å². The van der Waals surface area contributed by atoms with Crippen molar-refractivity contribution in [3.63, 3.8) is 0 Å². The van der Waals surface area contributed by atoms with E-state index in [0.29, 0.717) is 6.54 Å². The van der Waals surface area contributed by atoms with Gasteiger partial charge in [0.1, 0.15) is 17.3 Å². The van der Waals surface area contributed by atoms with Crippen molar-refractivity contribution in [1.82, 2.24) is 5.32 Å². The molecule has 1 aromatic carbocycles. The van der Waals surface area contributed by atoms with Gasteiger partial charge in [-0.1, -0.05) is 17.7 Å². The summed E-state index contributed by atoms with van der Waals surface area (Å²) in [7, 11) is 0. The summed E-state index contributed by atoms with van der Waals surface area (Å²) < 4.78 is 18.5. The third kappa shape index (κ3) is 3.12. The lowest BCUT2D eigenvalue weighted by Gasteiger charge is -2.13. The summed E-state index contributed by atoms with van der Waals surface area (Å²) >= 11 is 5.76. The Morgan fingerprint density at radius 3 is 2.72 bits per heavy atom. The van der Waals surface area contributed by atoms with Crippen LogP contribution in [0.3, 0.4) is 0 Å². The maximum Gasteiger partial charge on any atom is 0.141 e. The first kappa shape index (κ1) is 13.1. The highest BCUT2D eigenvalue weighted by atomic mass is 35.5. The molecule has 0 fully saturated rings. The van der Waals surface area contributed by atoms with Gasteiger partial charge >= 0.3 is 0 Å². The Bertz CT molecular complexity index is 538. The van der Waals surface area contributed by atoms with Gasteiger partial charge < -0.3 is 9.73 Å². The van der Waals surface area contributed by atoms with Gasteiger partial charge in [-0.05, 0) is 43.7 Å². The topological polar surface area (TPSA) is 25.2 Å². The molecule has 1 unspecified atom stereocenters. The number of furan rings is 1. The molecule has 0 saturated carbocycles. The fraction of sp³-hybridized carbons (Fsp3) is 0.286. The van der Waals surface area contributed by atoms with Gasteiger partial charge in [-0.3, -0.25) is 0 Å². The molecule has 0 saturated heterocycles. The van der Waals surface area contributed by atoms with Crippen LogP contribution in [0.1, 0.15) is 30.0 Å². The number of benzene rings is 1. The van der Waals surface area contributed by atoms with Crippen LogP contribution in [0.5, 0.6) is 0 Å². The SMILES string of the molecule is Cc1ccc(CNC(C)c2ccc(F)c(Cl)c2)o1. The van der Waals surface area contributed by atoms with Crippen LogP contribution in [0.4, 0.5) is 4.39 Å². The molecule has 2 aromatic rings. The van der Waals surface area contributed by atoms with Gasteiger partial charge in [0.05, 0.1) is 11.6 Å². The zero-order valence-corrected chi connectivity index (χ0v) is 11.1. The zero-order valence-electron chi connectivity index (χ0n) is 10.3. The van der Waals surface area contributed by atoms with Crippen LogP contribution in [0, 0.1) is 12.7 Å². The third-order valence-electron chi connectivity index (χ3n) is 2.82. The average molecular weight is 268 g/mol. The predicted molar refractivity (Wildman–Crippen MR) is 70.1 cm³/mol. The van der Waals surface area contributed by atoms with Gasteiger partial charge in [-0.25, -0.2) is 4.39 Å². The second-order valence-electron chi connectivity index (χ2n) is 4.29. The predicted octanol–water partition coefficient (Wildman–Crippen LogP) is 4.23. The largest absolute Gasteiger partial charge is 0.465 e. The van der Waals surface area contributed by atoms with Gasteiger partial charge in [0, 0.05) is 6.04 Å². The molecule has 1 atom stereocenters. The lowest BCUT2D eigenvalue weighted by Crippen LogP contribution is -2.17. The molecule has 0 aliphatic carbocycles. The number of hydrogen-bond acceptors (Lipinski definition) is 2. The van der Waals surface area contributed by atoms with E-state index in [1.165, 1.54) is 6.07 Å². The van der Waals surface area contributed by atoms with Gasteiger partial charge in [0.15, 0.2) is 0 Å². The third-order valence-corrected chi connectivity index (χ3v) is 3.11. The van der Waals surface area contributed by atoms with Crippen LogP contribution >= 0.6 is 11.6 Å². The summed E-state index contributed by atoms with van der Waals surface area (Å²) in [4.78, 5) is 0. The molecule has 0 bridgehead atoms. The van der Waals surface area contributed by atoms with Gasteiger partial charge in [0.2, 0.25) is 0 Å². The van der Waals surface area contributed by atoms with Crippen molar-refractivity contribution in [2.24, 2.45) is 0 Å². The lowest BCUT2D eigenvalue weighted by atomic mass is 10.1. The molecule has 2 rings (SSSR count). The number of rotatable bonds is 4. The molecular formula is C14H15ClFNO. The van der Waals surface area contributed by atoms with E-state index >= 15 is 0 Å². The Hall–Kier alpha value is -1.32. The first-order chi connectivity index (χ1) is 8.56. The summed E-state index contributed by atoms with van der Waals surface area (Å²) in [5.74, 6) is 1.38. The van der Waals surface area contributed by atoms with E-state index in [9.17, 15) is 4.39 Å². The molecule has 0 aliphatic rings. The van der Waals surface area contributed by atoms with Crippen molar-refractivity contribution < 1.29 is 8.81 Å². The average Bonchev–Trinajstić information content (AvgIpc) is 2.75. The van der Waals surface area contributed by atoms with Crippen LogP contribution in [0.2, 0.25) is 5.02 Å². The summed E-state index contributed by atoms with van der Waals surface area (Å²) in [6.07, 6.45) is 0. The maximum absolute atomic E-state index is 13.0. The quantitative estimate of drug-likeness (QED) is 0.897. The molecule has 0 amide bonds. The van der Waals surface area contributed by atoms with E-state index in [2.05, 4.69) is 5.32 Å². The molecule has 1 aromatic heterocycles. The van der Waals surface area contributed by atoms with Gasteiger partial charge in [-0.15, -0.1) is 0 Å². The number of hydrogen-bond donors (Lipinski definition) is 1. The molecule has 1 heterocycles. The number of nitrogens with one attached hydrogen (secondary N) is 1. The monoisotopic (exact) mass is 267 g/mol. The van der Waals surface area contributed by atoms with E-state index < -0.39 is 5.82 Å². The maximum atomic E-state index is 13.0. The first-order valence-electron chi connectivity index (χ1n) is 5.80. The van der Waals surface area contributed by atoms with Crippen LogP contribution < -0.4 is 5.32 Å². The number of halogens is 2. The summed E-state index contributed by atoms with van der Waals surface area (Å²) in [6.45, 7) is 4.54. The highest BCUT2D eigenvalue weighted by molar-refractivity contribution is 6.30. The van der Waals surface area contributed by atoms with Crippen molar-refractivity contribution in [3.8, 4) is 0 Å². The molecule has 0 radical (unpaired) electrons. The highest BCUT2D eigenvalue weighted by Gasteiger charge is 2.08. The summed E-state index contributed by atoms with van der Waals surface area (Å²) in [5.41, 5.74) is 0.949. The molecular weight excluding hydrogens is 253 g/mol. The van der Waals surface area contributed by atoms with E-state index in [1.807, 2.05) is 26.0 Å². The minimum absolute atomic E-state index is 0.0773. The normalized spacial score (nSPS) is 12.7. The van der Waals surface area contributed by atoms with Crippen molar-refractivity contribution in [3.05, 3.63) is 58.3 Å². The van der Waals surface area contributed by atoms with E-state index in [-0.39, 0.29) is 11.1 Å². The van der Waals surface area contributed by atoms with Gasteiger partial charge in [-0.2, -0.15) is 0 Å². The minimum Gasteiger partial charge on any atom is -0.465 e. The first-order valence-corrected chi connectivity index (χ1v) is 6.17. The number of aryl methyl sites for hydroxylation is 1. The molecule has 18 heavy (non-hydrogen) atoms. The second-order valence-corrected chi connectivity index (χ2v) is 4.70. The Labute approximate surface area is 111 Å². The minimum atomic E-state index is -0.394.